The molecule has 0 aromatic carbocycles. The molecule has 0 aliphatic heterocycles. The normalized spacial score (nSPS) is 8.20. The van der Waals surface area contributed by atoms with Crippen molar-refractivity contribution in [2.75, 3.05) is 0 Å². The van der Waals surface area contributed by atoms with Crippen LogP contribution in [0.5, 0.6) is 0 Å². The van der Waals surface area contributed by atoms with Crippen molar-refractivity contribution in [1.29, 1.82) is 0 Å². The van der Waals surface area contributed by atoms with Crippen LogP contribution in [0.25, 0.3) is 0 Å². The molecule has 0 rings (SSSR count). The highest BCUT2D eigenvalue weighted by Crippen LogP contribution is 2.23. The van der Waals surface area contributed by atoms with Crippen LogP contribution in [0.15, 0.2) is 37.1 Å². The molecule has 0 fully saturated rings. The van der Waals surface area contributed by atoms with Crippen molar-refractivity contribution in [3.05, 3.63) is 37.1 Å². The predicted molar refractivity (Wildman–Crippen MR) is 37.2 cm³/mol. The maximum absolute atomic E-state index is 10.5. The molecule has 0 radical (unpaired) electrons. The third-order valence-electron chi connectivity index (χ3n) is 0.444. The quantitative estimate of drug-likeness (QED) is 0.356. The molecule has 0 aliphatic carbocycles. The second-order valence-electron chi connectivity index (χ2n) is 1.08. The zero-order chi connectivity index (χ0) is 7.82. The first-order valence-corrected chi connectivity index (χ1v) is 3.40. The van der Waals surface area contributed by atoms with Crippen molar-refractivity contribution in [2.45, 2.75) is 0 Å². The van der Waals surface area contributed by atoms with Gasteiger partial charge in [0.25, 0.3) is 0 Å². The molecule has 0 bridgehead atoms. The number of rotatable bonds is 4. The molecule has 0 atom stereocenters. The number of hydrogen-bond acceptors (Lipinski definition) is 3. The van der Waals surface area contributed by atoms with Gasteiger partial charge in [0.15, 0.2) is 12.5 Å². The summed E-state index contributed by atoms with van der Waals surface area (Å²) in [7, 11) is -2.16. The monoisotopic (exact) mass is 157 g/mol. The Labute approximate surface area is 59.9 Å². The molecule has 4 heteroatoms. The van der Waals surface area contributed by atoms with Gasteiger partial charge in [0.1, 0.15) is 0 Å². The van der Waals surface area contributed by atoms with Crippen molar-refractivity contribution in [2.24, 2.45) is 0 Å². The summed E-state index contributed by atoms with van der Waals surface area (Å²) < 4.78 is 19.2. The van der Waals surface area contributed by atoms with Gasteiger partial charge in [-0.05, 0) is 0 Å². The van der Waals surface area contributed by atoms with Crippen molar-refractivity contribution < 1.29 is 13.6 Å². The molecule has 3 nitrogen and oxygen atoms in total. The summed E-state index contributed by atoms with van der Waals surface area (Å²) in [5.41, 5.74) is 4.53. The molecule has 0 aliphatic rings. The van der Waals surface area contributed by atoms with E-state index >= 15 is 0 Å². The third-order valence-corrected chi connectivity index (χ3v) is 0.999. The minimum Gasteiger partial charge on any atom is -0.222 e. The van der Waals surface area contributed by atoms with Crippen molar-refractivity contribution in [1.82, 2.24) is 0 Å². The van der Waals surface area contributed by atoms with E-state index in [9.17, 15) is 4.57 Å². The fourth-order valence-corrected chi connectivity index (χ4v) is 0.556. The SMILES string of the molecule is C=C=CO[P+](=O)OC=C=C. The minimum absolute atomic E-state index is 1.05. The molecule has 0 unspecified atom stereocenters. The molecule has 0 heterocycles. The summed E-state index contributed by atoms with van der Waals surface area (Å²) >= 11 is 0. The van der Waals surface area contributed by atoms with E-state index in [0.29, 0.717) is 0 Å². The molecule has 0 amide bonds. The van der Waals surface area contributed by atoms with Crippen molar-refractivity contribution >= 4 is 8.25 Å². The molecule has 0 saturated carbocycles. The van der Waals surface area contributed by atoms with Crippen LogP contribution in [0.4, 0.5) is 0 Å². The minimum atomic E-state index is -2.16. The summed E-state index contributed by atoms with van der Waals surface area (Å²) in [6.07, 6.45) is 2.10. The maximum atomic E-state index is 10.5. The molecule has 52 valence electrons. The predicted octanol–water partition coefficient (Wildman–Crippen LogP) is 2.27. The topological polar surface area (TPSA) is 35.5 Å². The second-order valence-corrected chi connectivity index (χ2v) is 1.95. The number of hydrogen-bond donors (Lipinski definition) is 0. The average molecular weight is 157 g/mol. The molecule has 0 N–H and O–H groups in total. The fraction of sp³-hybridized carbons (Fsp3) is 0. The van der Waals surface area contributed by atoms with E-state index in [1.54, 1.807) is 0 Å². The van der Waals surface area contributed by atoms with Gasteiger partial charge in [-0.15, -0.1) is 0 Å². The molecular formula is C6H6O3P+. The van der Waals surface area contributed by atoms with Gasteiger partial charge >= 0.3 is 8.25 Å². The van der Waals surface area contributed by atoms with E-state index in [4.69, 9.17) is 0 Å². The lowest BCUT2D eigenvalue weighted by atomic mass is 11.0. The summed E-state index contributed by atoms with van der Waals surface area (Å²) in [6.45, 7) is 6.37. The molecular weight excluding hydrogens is 151 g/mol. The lowest BCUT2D eigenvalue weighted by Crippen LogP contribution is -1.65. The molecule has 10 heavy (non-hydrogen) atoms. The summed E-state index contributed by atoms with van der Waals surface area (Å²) in [5.74, 6) is 0. The molecule has 0 aromatic heterocycles. The lowest BCUT2D eigenvalue weighted by molar-refractivity contribution is 0.356. The van der Waals surface area contributed by atoms with Gasteiger partial charge in [-0.25, -0.2) is 9.05 Å². The fourth-order valence-electron chi connectivity index (χ4n) is 0.185. The highest BCUT2D eigenvalue weighted by Gasteiger charge is 2.16. The Bertz CT molecular complexity index is 187. The van der Waals surface area contributed by atoms with Gasteiger partial charge in [-0.2, -0.15) is 0 Å². The summed E-state index contributed by atoms with van der Waals surface area (Å²) in [4.78, 5) is 0. The van der Waals surface area contributed by atoms with Gasteiger partial charge in [0.2, 0.25) is 0 Å². The van der Waals surface area contributed by atoms with Gasteiger partial charge in [0, 0.05) is 4.57 Å². The Kier molecular flexibility index (Phi) is 5.13. The molecule has 0 saturated heterocycles. The van der Waals surface area contributed by atoms with E-state index in [-0.39, 0.29) is 0 Å². The standard InChI is InChI=1S/C6H6O3P/c1-3-5-8-10(7)9-6-4-2/h5-6H,1-2H2/q+1. The van der Waals surface area contributed by atoms with Crippen LogP contribution in [-0.4, -0.2) is 0 Å². The van der Waals surface area contributed by atoms with Gasteiger partial charge < -0.3 is 0 Å². The van der Waals surface area contributed by atoms with Crippen LogP contribution in [0.1, 0.15) is 0 Å². The van der Waals surface area contributed by atoms with Crippen LogP contribution in [0, 0.1) is 0 Å². The van der Waals surface area contributed by atoms with E-state index in [1.807, 2.05) is 0 Å². The van der Waals surface area contributed by atoms with E-state index in [2.05, 4.69) is 33.7 Å². The van der Waals surface area contributed by atoms with Crippen LogP contribution < -0.4 is 0 Å². The zero-order valence-electron chi connectivity index (χ0n) is 5.24. The van der Waals surface area contributed by atoms with Gasteiger partial charge in [-0.3, -0.25) is 0 Å². The Hall–Kier alpha value is -1.26. The Morgan fingerprint density at radius 2 is 1.60 bits per heavy atom. The molecule has 0 aromatic rings. The van der Waals surface area contributed by atoms with E-state index < -0.39 is 8.25 Å². The van der Waals surface area contributed by atoms with E-state index in [0.717, 1.165) is 12.5 Å². The largest absolute Gasteiger partial charge is 0.805 e. The highest BCUT2D eigenvalue weighted by molar-refractivity contribution is 7.33. The first-order valence-electron chi connectivity index (χ1n) is 2.30. The maximum Gasteiger partial charge on any atom is 0.805 e. The summed E-state index contributed by atoms with van der Waals surface area (Å²) in [6, 6.07) is 0. The lowest BCUT2D eigenvalue weighted by Gasteiger charge is -1.74. The van der Waals surface area contributed by atoms with Crippen molar-refractivity contribution in [3.63, 3.8) is 0 Å². The summed E-state index contributed by atoms with van der Waals surface area (Å²) in [5, 5.41) is 0. The Morgan fingerprint density at radius 1 is 1.20 bits per heavy atom. The average Bonchev–Trinajstić information content (AvgIpc) is 1.97. The third kappa shape index (κ3) is 4.89. The van der Waals surface area contributed by atoms with Crippen LogP contribution >= 0.6 is 8.25 Å². The van der Waals surface area contributed by atoms with Crippen LogP contribution in [-0.2, 0) is 13.6 Å². The van der Waals surface area contributed by atoms with Gasteiger partial charge in [-0.1, -0.05) is 24.6 Å². The van der Waals surface area contributed by atoms with Crippen molar-refractivity contribution in [3.8, 4) is 0 Å². The zero-order valence-corrected chi connectivity index (χ0v) is 6.14. The Morgan fingerprint density at radius 3 is 1.90 bits per heavy atom. The van der Waals surface area contributed by atoms with Crippen LogP contribution in [0.2, 0.25) is 0 Å². The first kappa shape index (κ1) is 8.74. The highest BCUT2D eigenvalue weighted by atomic mass is 31.1. The smallest absolute Gasteiger partial charge is 0.222 e. The second kappa shape index (κ2) is 5.87. The Balaban J connectivity index is 3.63. The van der Waals surface area contributed by atoms with E-state index in [1.165, 1.54) is 0 Å². The van der Waals surface area contributed by atoms with Crippen LogP contribution in [0.3, 0.4) is 0 Å². The first-order chi connectivity index (χ1) is 4.81. The molecule has 0 spiro atoms. The van der Waals surface area contributed by atoms with Gasteiger partial charge in [0.05, 0.1) is 0 Å².